The van der Waals surface area contributed by atoms with Crippen LogP contribution in [0.25, 0.3) is 11.5 Å². The van der Waals surface area contributed by atoms with Gasteiger partial charge < -0.3 is 23.9 Å². The van der Waals surface area contributed by atoms with Crippen LogP contribution in [0.1, 0.15) is 24.6 Å². The van der Waals surface area contributed by atoms with Crippen molar-refractivity contribution >= 4 is 5.91 Å². The molecule has 0 bridgehead atoms. The zero-order valence-electron chi connectivity index (χ0n) is 16.5. The number of methoxy groups -OCH3 is 1. The van der Waals surface area contributed by atoms with E-state index in [0.717, 1.165) is 18.6 Å². The number of hydrogen-bond donors (Lipinski definition) is 1. The van der Waals surface area contributed by atoms with E-state index < -0.39 is 0 Å². The van der Waals surface area contributed by atoms with E-state index in [1.165, 1.54) is 6.07 Å². The van der Waals surface area contributed by atoms with Crippen LogP contribution in [0.5, 0.6) is 11.5 Å². The van der Waals surface area contributed by atoms with E-state index in [4.69, 9.17) is 14.0 Å². The Morgan fingerprint density at radius 2 is 1.90 bits per heavy atom. The van der Waals surface area contributed by atoms with Gasteiger partial charge in [-0.05, 0) is 43.2 Å². The molecule has 3 heterocycles. The van der Waals surface area contributed by atoms with Gasteiger partial charge in [0, 0.05) is 31.3 Å². The first-order valence-corrected chi connectivity index (χ1v) is 9.70. The van der Waals surface area contributed by atoms with Crippen LogP contribution in [-0.4, -0.2) is 52.7 Å². The van der Waals surface area contributed by atoms with E-state index in [1.54, 1.807) is 48.5 Å². The predicted molar refractivity (Wildman–Crippen MR) is 107 cm³/mol. The minimum atomic E-state index is -0.188. The van der Waals surface area contributed by atoms with Crippen molar-refractivity contribution in [3.8, 4) is 23.0 Å². The lowest BCUT2D eigenvalue weighted by Gasteiger charge is -2.30. The van der Waals surface area contributed by atoms with E-state index >= 15 is 0 Å². The molecule has 0 unspecified atom stereocenters. The summed E-state index contributed by atoms with van der Waals surface area (Å²) in [6.45, 7) is 1.21. The minimum absolute atomic E-state index is 0.00440. The summed E-state index contributed by atoms with van der Waals surface area (Å²) in [5.41, 5.74) is 0.475. The number of piperidine rings is 1. The first-order valence-electron chi connectivity index (χ1n) is 9.70. The second kappa shape index (κ2) is 8.81. The molecule has 30 heavy (non-hydrogen) atoms. The molecule has 9 nitrogen and oxygen atoms in total. The highest BCUT2D eigenvalue weighted by Crippen LogP contribution is 2.28. The Morgan fingerprint density at radius 3 is 2.57 bits per heavy atom. The van der Waals surface area contributed by atoms with Crippen molar-refractivity contribution in [2.45, 2.75) is 18.8 Å². The summed E-state index contributed by atoms with van der Waals surface area (Å²) in [5, 5.41) is 4.08. The van der Waals surface area contributed by atoms with Gasteiger partial charge in [0.2, 0.25) is 5.56 Å². The van der Waals surface area contributed by atoms with Crippen molar-refractivity contribution in [2.24, 2.45) is 0 Å². The number of aromatic nitrogens is 3. The maximum absolute atomic E-state index is 12.5. The molecule has 0 saturated carbocycles. The Hall–Kier alpha value is -3.62. The number of aromatic amines is 1. The molecule has 1 fully saturated rings. The quantitative estimate of drug-likeness (QED) is 0.663. The fourth-order valence-electron chi connectivity index (χ4n) is 3.36. The number of amides is 1. The Labute approximate surface area is 172 Å². The van der Waals surface area contributed by atoms with Crippen LogP contribution in [0.3, 0.4) is 0 Å². The van der Waals surface area contributed by atoms with Gasteiger partial charge in [-0.1, -0.05) is 5.16 Å². The smallest absolute Gasteiger partial charge is 0.260 e. The molecule has 3 aromatic rings. The number of ether oxygens (including phenoxy) is 2. The fraction of sp³-hybridized carbons (Fsp3) is 0.333. The summed E-state index contributed by atoms with van der Waals surface area (Å²) in [7, 11) is 1.60. The second-order valence-electron chi connectivity index (χ2n) is 7.02. The molecule has 1 aliphatic heterocycles. The number of H-pyrrole nitrogens is 1. The Balaban J connectivity index is 1.28. The van der Waals surface area contributed by atoms with Crippen LogP contribution < -0.4 is 15.0 Å². The van der Waals surface area contributed by atoms with Crippen LogP contribution in [-0.2, 0) is 4.79 Å². The third kappa shape index (κ3) is 4.51. The van der Waals surface area contributed by atoms with Gasteiger partial charge in [0.05, 0.1) is 12.7 Å². The van der Waals surface area contributed by atoms with Gasteiger partial charge in [-0.25, -0.2) is 0 Å². The number of rotatable bonds is 6. The lowest BCUT2D eigenvalue weighted by Crippen LogP contribution is -2.40. The molecule has 1 N–H and O–H groups in total. The van der Waals surface area contributed by atoms with Crippen LogP contribution >= 0.6 is 0 Å². The molecular weight excluding hydrogens is 388 g/mol. The summed E-state index contributed by atoms with van der Waals surface area (Å²) in [6.07, 6.45) is 3.04. The van der Waals surface area contributed by atoms with Gasteiger partial charge in [0.15, 0.2) is 12.4 Å². The standard InChI is InChI=1S/C21H22N4O5/c1-28-16-3-5-17(6-4-16)29-13-19(27)25-10-8-14(9-11-25)20-23-21(30-24-20)15-2-7-18(26)22-12-15/h2-7,12,14H,8-11,13H2,1H3,(H,22,26). The monoisotopic (exact) mass is 410 g/mol. The van der Waals surface area contributed by atoms with E-state index in [2.05, 4.69) is 15.1 Å². The number of carbonyl (C=O) groups is 1. The molecule has 9 heteroatoms. The number of pyridine rings is 1. The van der Waals surface area contributed by atoms with Gasteiger partial charge in [0.25, 0.3) is 11.8 Å². The lowest BCUT2D eigenvalue weighted by atomic mass is 9.96. The zero-order chi connectivity index (χ0) is 20.9. The third-order valence-electron chi connectivity index (χ3n) is 5.11. The number of carbonyl (C=O) groups excluding carboxylic acids is 1. The Kier molecular flexibility index (Phi) is 5.78. The Bertz CT molecular complexity index is 1030. The maximum atomic E-state index is 12.5. The first-order chi connectivity index (χ1) is 14.6. The summed E-state index contributed by atoms with van der Waals surface area (Å²) in [6, 6.07) is 10.2. The highest BCUT2D eigenvalue weighted by molar-refractivity contribution is 5.77. The lowest BCUT2D eigenvalue weighted by molar-refractivity contribution is -0.134. The fourth-order valence-corrected chi connectivity index (χ4v) is 3.36. The number of benzene rings is 1. The average molecular weight is 410 g/mol. The molecule has 156 valence electrons. The molecule has 4 rings (SSSR count). The van der Waals surface area contributed by atoms with E-state index in [1.807, 2.05) is 0 Å². The highest BCUT2D eigenvalue weighted by Gasteiger charge is 2.27. The molecule has 0 aliphatic carbocycles. The predicted octanol–water partition coefficient (Wildman–Crippen LogP) is 2.22. The van der Waals surface area contributed by atoms with Crippen LogP contribution in [0.2, 0.25) is 0 Å². The van der Waals surface area contributed by atoms with Crippen molar-refractivity contribution in [2.75, 3.05) is 26.8 Å². The first kappa shape index (κ1) is 19.7. The highest BCUT2D eigenvalue weighted by atomic mass is 16.5. The number of likely N-dealkylation sites (tertiary alicyclic amines) is 1. The molecule has 2 aromatic heterocycles. The van der Waals surface area contributed by atoms with Crippen molar-refractivity contribution in [3.63, 3.8) is 0 Å². The zero-order valence-corrected chi connectivity index (χ0v) is 16.5. The number of nitrogens with zero attached hydrogens (tertiary/aromatic N) is 3. The van der Waals surface area contributed by atoms with Crippen LogP contribution in [0, 0.1) is 0 Å². The van der Waals surface area contributed by atoms with Gasteiger partial charge in [-0.15, -0.1) is 0 Å². The van der Waals surface area contributed by atoms with E-state index in [-0.39, 0.29) is 24.0 Å². The van der Waals surface area contributed by atoms with E-state index in [0.29, 0.717) is 36.1 Å². The number of hydrogen-bond acceptors (Lipinski definition) is 7. The van der Waals surface area contributed by atoms with Gasteiger partial charge >= 0.3 is 0 Å². The van der Waals surface area contributed by atoms with Gasteiger partial charge in [-0.2, -0.15) is 4.98 Å². The van der Waals surface area contributed by atoms with Crippen LogP contribution in [0.15, 0.2) is 51.9 Å². The van der Waals surface area contributed by atoms with Gasteiger partial charge in [-0.3, -0.25) is 9.59 Å². The molecule has 1 saturated heterocycles. The molecule has 0 radical (unpaired) electrons. The normalized spacial score (nSPS) is 14.5. The third-order valence-corrected chi connectivity index (χ3v) is 5.11. The summed E-state index contributed by atoms with van der Waals surface area (Å²) < 4.78 is 16.0. The minimum Gasteiger partial charge on any atom is -0.497 e. The largest absolute Gasteiger partial charge is 0.497 e. The number of nitrogens with one attached hydrogen (secondary N) is 1. The van der Waals surface area contributed by atoms with Crippen LogP contribution in [0.4, 0.5) is 0 Å². The molecule has 1 amide bonds. The summed E-state index contributed by atoms with van der Waals surface area (Å²) in [4.78, 5) is 32.5. The van der Waals surface area contributed by atoms with Crippen molar-refractivity contribution in [1.82, 2.24) is 20.0 Å². The average Bonchev–Trinajstić information content (AvgIpc) is 3.29. The summed E-state index contributed by atoms with van der Waals surface area (Å²) in [5.74, 6) is 2.43. The molecular formula is C21H22N4O5. The van der Waals surface area contributed by atoms with Crippen molar-refractivity contribution < 1.29 is 18.8 Å². The SMILES string of the molecule is COc1ccc(OCC(=O)N2CCC(c3noc(-c4ccc(=O)[nH]c4)n3)CC2)cc1. The second-order valence-corrected chi connectivity index (χ2v) is 7.02. The Morgan fingerprint density at radius 1 is 1.17 bits per heavy atom. The van der Waals surface area contributed by atoms with E-state index in [9.17, 15) is 9.59 Å². The van der Waals surface area contributed by atoms with Crippen molar-refractivity contribution in [3.05, 3.63) is 58.8 Å². The maximum Gasteiger partial charge on any atom is 0.260 e. The molecule has 0 spiro atoms. The summed E-state index contributed by atoms with van der Waals surface area (Å²) >= 11 is 0. The van der Waals surface area contributed by atoms with Gasteiger partial charge in [0.1, 0.15) is 11.5 Å². The molecule has 0 atom stereocenters. The molecule has 1 aromatic carbocycles. The van der Waals surface area contributed by atoms with Crippen molar-refractivity contribution in [1.29, 1.82) is 0 Å². The molecule has 1 aliphatic rings. The topological polar surface area (TPSA) is 111 Å².